The standard InChI is InChI=1S/C10H12ClNO/c1-6-2-3-7-9(10(6)11)8(13)4-5-12-7/h2-3,8,12-13H,4-5H2,1H3. The first-order chi connectivity index (χ1) is 6.20. The molecule has 0 radical (unpaired) electrons. The Morgan fingerprint density at radius 3 is 3.08 bits per heavy atom. The summed E-state index contributed by atoms with van der Waals surface area (Å²) >= 11 is 6.11. The van der Waals surface area contributed by atoms with E-state index in [0.29, 0.717) is 5.02 Å². The fraction of sp³-hybridized carbons (Fsp3) is 0.400. The van der Waals surface area contributed by atoms with Crippen LogP contribution < -0.4 is 5.32 Å². The van der Waals surface area contributed by atoms with Crippen molar-refractivity contribution in [2.75, 3.05) is 11.9 Å². The van der Waals surface area contributed by atoms with Crippen molar-refractivity contribution < 1.29 is 5.11 Å². The number of halogens is 1. The maximum atomic E-state index is 9.74. The SMILES string of the molecule is Cc1ccc2c(c1Cl)C(O)CCN2. The molecule has 0 bridgehead atoms. The molecule has 0 amide bonds. The van der Waals surface area contributed by atoms with Crippen LogP contribution in [0.25, 0.3) is 0 Å². The number of benzene rings is 1. The second kappa shape index (κ2) is 3.20. The third-order valence-electron chi connectivity index (χ3n) is 2.44. The topological polar surface area (TPSA) is 32.3 Å². The molecular formula is C10H12ClNO. The maximum Gasteiger partial charge on any atom is 0.0841 e. The molecule has 3 heteroatoms. The molecule has 0 saturated heterocycles. The highest BCUT2D eigenvalue weighted by atomic mass is 35.5. The van der Waals surface area contributed by atoms with E-state index in [9.17, 15) is 5.11 Å². The average molecular weight is 198 g/mol. The molecule has 1 aliphatic heterocycles. The van der Waals surface area contributed by atoms with E-state index >= 15 is 0 Å². The lowest BCUT2D eigenvalue weighted by molar-refractivity contribution is 0.168. The molecule has 0 aromatic heterocycles. The normalized spacial score (nSPS) is 20.7. The van der Waals surface area contributed by atoms with Gasteiger partial charge in [-0.1, -0.05) is 17.7 Å². The first-order valence-corrected chi connectivity index (χ1v) is 4.79. The van der Waals surface area contributed by atoms with Crippen LogP contribution in [-0.4, -0.2) is 11.7 Å². The molecule has 0 fully saturated rings. The second-order valence-electron chi connectivity index (χ2n) is 3.39. The van der Waals surface area contributed by atoms with E-state index < -0.39 is 6.10 Å². The van der Waals surface area contributed by atoms with E-state index in [2.05, 4.69) is 5.32 Å². The van der Waals surface area contributed by atoms with E-state index in [1.165, 1.54) is 0 Å². The van der Waals surface area contributed by atoms with E-state index in [0.717, 1.165) is 29.8 Å². The number of anilines is 1. The molecule has 1 aliphatic rings. The lowest BCUT2D eigenvalue weighted by Crippen LogP contribution is -2.17. The van der Waals surface area contributed by atoms with Crippen LogP contribution in [0, 0.1) is 6.92 Å². The zero-order valence-corrected chi connectivity index (χ0v) is 8.23. The smallest absolute Gasteiger partial charge is 0.0841 e. The minimum atomic E-state index is -0.413. The molecule has 1 atom stereocenters. The van der Waals surface area contributed by atoms with E-state index in [4.69, 9.17) is 11.6 Å². The Kier molecular flexibility index (Phi) is 2.18. The molecule has 70 valence electrons. The molecule has 0 saturated carbocycles. The highest BCUT2D eigenvalue weighted by molar-refractivity contribution is 6.32. The Morgan fingerprint density at radius 1 is 1.54 bits per heavy atom. The van der Waals surface area contributed by atoms with Crippen molar-refractivity contribution in [3.05, 3.63) is 28.3 Å². The third kappa shape index (κ3) is 1.40. The van der Waals surface area contributed by atoms with Gasteiger partial charge in [-0.2, -0.15) is 0 Å². The second-order valence-corrected chi connectivity index (χ2v) is 3.77. The Balaban J connectivity index is 2.58. The number of rotatable bonds is 0. The zero-order chi connectivity index (χ0) is 9.42. The van der Waals surface area contributed by atoms with Crippen molar-refractivity contribution >= 4 is 17.3 Å². The molecule has 2 rings (SSSR count). The largest absolute Gasteiger partial charge is 0.388 e. The highest BCUT2D eigenvalue weighted by Gasteiger charge is 2.21. The van der Waals surface area contributed by atoms with Crippen LogP contribution in [-0.2, 0) is 0 Å². The van der Waals surface area contributed by atoms with Crippen molar-refractivity contribution in [1.29, 1.82) is 0 Å². The summed E-state index contributed by atoms with van der Waals surface area (Å²) in [5.41, 5.74) is 2.84. The van der Waals surface area contributed by atoms with Gasteiger partial charge in [-0.15, -0.1) is 0 Å². The van der Waals surface area contributed by atoms with Crippen molar-refractivity contribution in [2.24, 2.45) is 0 Å². The van der Waals surface area contributed by atoms with Gasteiger partial charge in [0.15, 0.2) is 0 Å². The average Bonchev–Trinajstić information content (AvgIpc) is 2.12. The summed E-state index contributed by atoms with van der Waals surface area (Å²) in [6.45, 7) is 2.76. The summed E-state index contributed by atoms with van der Waals surface area (Å²) in [7, 11) is 0. The number of fused-ring (bicyclic) bond motifs is 1. The molecule has 13 heavy (non-hydrogen) atoms. The van der Waals surface area contributed by atoms with Gasteiger partial charge in [0.05, 0.1) is 11.1 Å². The summed E-state index contributed by atoms with van der Waals surface area (Å²) in [5.74, 6) is 0. The van der Waals surface area contributed by atoms with Crippen molar-refractivity contribution in [2.45, 2.75) is 19.4 Å². The molecule has 1 heterocycles. The lowest BCUT2D eigenvalue weighted by Gasteiger charge is -2.24. The Bertz CT molecular complexity index is 338. The van der Waals surface area contributed by atoms with Crippen LogP contribution in [0.2, 0.25) is 5.02 Å². The molecule has 2 nitrogen and oxygen atoms in total. The molecule has 1 unspecified atom stereocenters. The van der Waals surface area contributed by atoms with Gasteiger partial charge < -0.3 is 10.4 Å². The summed E-state index contributed by atoms with van der Waals surface area (Å²) < 4.78 is 0. The van der Waals surface area contributed by atoms with Crippen molar-refractivity contribution in [3.8, 4) is 0 Å². The first-order valence-electron chi connectivity index (χ1n) is 4.41. The van der Waals surface area contributed by atoms with Crippen LogP contribution in [0.3, 0.4) is 0 Å². The van der Waals surface area contributed by atoms with Crippen LogP contribution in [0.5, 0.6) is 0 Å². The zero-order valence-electron chi connectivity index (χ0n) is 7.47. The molecule has 0 aliphatic carbocycles. The van der Waals surface area contributed by atoms with Gasteiger partial charge in [-0.25, -0.2) is 0 Å². The number of aliphatic hydroxyl groups excluding tert-OH is 1. The van der Waals surface area contributed by atoms with Crippen LogP contribution >= 0.6 is 11.6 Å². The van der Waals surface area contributed by atoms with Gasteiger partial charge in [0.1, 0.15) is 0 Å². The fourth-order valence-electron chi connectivity index (χ4n) is 1.67. The summed E-state index contributed by atoms with van der Waals surface area (Å²) in [6.07, 6.45) is 0.319. The quantitative estimate of drug-likeness (QED) is 0.670. The van der Waals surface area contributed by atoms with Gasteiger partial charge in [0, 0.05) is 17.8 Å². The van der Waals surface area contributed by atoms with E-state index in [1.54, 1.807) is 0 Å². The third-order valence-corrected chi connectivity index (χ3v) is 2.94. The fourth-order valence-corrected chi connectivity index (χ4v) is 1.96. The van der Waals surface area contributed by atoms with E-state index in [-0.39, 0.29) is 0 Å². The van der Waals surface area contributed by atoms with E-state index in [1.807, 2.05) is 19.1 Å². The summed E-state index contributed by atoms with van der Waals surface area (Å²) in [4.78, 5) is 0. The Morgan fingerprint density at radius 2 is 2.31 bits per heavy atom. The first kappa shape index (κ1) is 8.85. The number of nitrogens with one attached hydrogen (secondary N) is 1. The molecule has 2 N–H and O–H groups in total. The van der Waals surface area contributed by atoms with Crippen LogP contribution in [0.4, 0.5) is 5.69 Å². The van der Waals surface area contributed by atoms with Gasteiger partial charge >= 0.3 is 0 Å². The van der Waals surface area contributed by atoms with Gasteiger partial charge in [-0.3, -0.25) is 0 Å². The summed E-state index contributed by atoms with van der Waals surface area (Å²) in [5, 5.41) is 13.7. The lowest BCUT2D eigenvalue weighted by atomic mass is 9.98. The number of aryl methyl sites for hydroxylation is 1. The number of hydrogen-bond acceptors (Lipinski definition) is 2. The Labute approximate surface area is 82.5 Å². The van der Waals surface area contributed by atoms with Crippen LogP contribution in [0.1, 0.15) is 23.7 Å². The number of hydrogen-bond donors (Lipinski definition) is 2. The number of aliphatic hydroxyl groups is 1. The van der Waals surface area contributed by atoms with Gasteiger partial charge in [0.25, 0.3) is 0 Å². The van der Waals surface area contributed by atoms with Gasteiger partial charge in [0.2, 0.25) is 0 Å². The minimum Gasteiger partial charge on any atom is -0.388 e. The molecule has 1 aromatic carbocycles. The van der Waals surface area contributed by atoms with Crippen molar-refractivity contribution in [1.82, 2.24) is 0 Å². The maximum absolute atomic E-state index is 9.74. The molecular weight excluding hydrogens is 186 g/mol. The van der Waals surface area contributed by atoms with Crippen LogP contribution in [0.15, 0.2) is 12.1 Å². The molecule has 0 spiro atoms. The van der Waals surface area contributed by atoms with Gasteiger partial charge in [-0.05, 0) is 25.0 Å². The predicted octanol–water partition coefficient (Wildman–Crippen LogP) is 2.50. The molecule has 1 aromatic rings. The monoisotopic (exact) mass is 197 g/mol. The predicted molar refractivity (Wildman–Crippen MR) is 54.3 cm³/mol. The highest BCUT2D eigenvalue weighted by Crippen LogP contribution is 2.36. The Hall–Kier alpha value is -0.730. The minimum absolute atomic E-state index is 0.413. The van der Waals surface area contributed by atoms with Crippen molar-refractivity contribution in [3.63, 3.8) is 0 Å². The summed E-state index contributed by atoms with van der Waals surface area (Å²) in [6, 6.07) is 3.94.